The van der Waals surface area contributed by atoms with Crippen molar-refractivity contribution in [2.75, 3.05) is 36.4 Å². The number of hydrogen-bond donors (Lipinski definition) is 1. The second kappa shape index (κ2) is 8.31. The number of halogens is 1. The molecule has 0 spiro atoms. The Balaban J connectivity index is 1.27. The van der Waals surface area contributed by atoms with Crippen LogP contribution < -0.4 is 10.2 Å². The van der Waals surface area contributed by atoms with Crippen LogP contribution in [0.2, 0.25) is 5.02 Å². The number of carbonyl (C=O) groups excluding carboxylic acids is 2. The van der Waals surface area contributed by atoms with E-state index >= 15 is 0 Å². The van der Waals surface area contributed by atoms with Gasteiger partial charge in [-0.15, -0.1) is 0 Å². The molecule has 1 N–H and O–H groups in total. The third-order valence-corrected chi connectivity index (χ3v) is 8.44. The van der Waals surface area contributed by atoms with Gasteiger partial charge in [-0.25, -0.2) is 0 Å². The lowest BCUT2D eigenvalue weighted by Gasteiger charge is -2.56. The van der Waals surface area contributed by atoms with E-state index in [1.807, 2.05) is 30.0 Å². The van der Waals surface area contributed by atoms with Crippen LogP contribution in [0, 0.1) is 23.2 Å². The van der Waals surface area contributed by atoms with E-state index in [9.17, 15) is 9.59 Å². The molecule has 5 fully saturated rings. The van der Waals surface area contributed by atoms with Gasteiger partial charge in [-0.05, 0) is 79.9 Å². The third-order valence-electron chi connectivity index (χ3n) is 8.21. The minimum Gasteiger partial charge on any atom is -0.366 e. The highest BCUT2D eigenvalue weighted by Crippen LogP contribution is 2.61. The molecule has 5 aliphatic rings. The summed E-state index contributed by atoms with van der Waals surface area (Å²) >= 11 is 6.30. The van der Waals surface area contributed by atoms with Gasteiger partial charge >= 0.3 is 0 Å². The molecular formula is C25H34ClN3O2. The zero-order chi connectivity index (χ0) is 21.6. The van der Waals surface area contributed by atoms with Crippen molar-refractivity contribution in [3.8, 4) is 0 Å². The average molecular weight is 444 g/mol. The van der Waals surface area contributed by atoms with Crippen molar-refractivity contribution in [1.29, 1.82) is 0 Å². The first-order chi connectivity index (χ1) is 14.9. The Hall–Kier alpha value is -1.75. The zero-order valence-corrected chi connectivity index (χ0v) is 19.3. The Labute approximate surface area is 190 Å². The maximum atomic E-state index is 13.2. The summed E-state index contributed by atoms with van der Waals surface area (Å²) < 4.78 is 0. The Morgan fingerprint density at radius 1 is 1.03 bits per heavy atom. The van der Waals surface area contributed by atoms with Crippen LogP contribution in [0.4, 0.5) is 11.4 Å². The normalized spacial score (nSPS) is 31.7. The first-order valence-corrected chi connectivity index (χ1v) is 12.4. The second-order valence-corrected chi connectivity index (χ2v) is 11.0. The van der Waals surface area contributed by atoms with Crippen LogP contribution in [0.3, 0.4) is 0 Å². The molecule has 168 valence electrons. The summed E-state index contributed by atoms with van der Waals surface area (Å²) in [6.45, 7) is 4.88. The summed E-state index contributed by atoms with van der Waals surface area (Å²) in [5, 5.41) is 3.86. The Morgan fingerprint density at radius 3 is 2.23 bits per heavy atom. The predicted octanol–water partition coefficient (Wildman–Crippen LogP) is 4.94. The van der Waals surface area contributed by atoms with Gasteiger partial charge in [0.15, 0.2) is 0 Å². The maximum Gasteiger partial charge on any atom is 0.224 e. The minimum absolute atomic E-state index is 0.130. The molecule has 1 aliphatic heterocycles. The molecule has 4 bridgehead atoms. The van der Waals surface area contributed by atoms with Crippen molar-refractivity contribution in [2.45, 2.75) is 58.3 Å². The lowest BCUT2D eigenvalue weighted by Crippen LogP contribution is -2.49. The molecule has 6 heteroatoms. The number of amides is 2. The standard InChI is InChI=1S/C25H34ClN3O2/c1-2-24(31)29-7-5-28(6-8-29)22-4-3-20(26)12-21(22)27-23(30)16-25-13-17-9-18(14-25)11-19(10-17)15-25/h3-4,12,17-19H,2,5-11,13-16H2,1H3,(H,27,30). The number of anilines is 2. The lowest BCUT2D eigenvalue weighted by molar-refractivity contribution is -0.131. The summed E-state index contributed by atoms with van der Waals surface area (Å²) in [5.74, 6) is 2.89. The van der Waals surface area contributed by atoms with Gasteiger partial charge in [0.25, 0.3) is 0 Å². The third kappa shape index (κ3) is 4.30. The SMILES string of the molecule is CCC(=O)N1CCN(c2ccc(Cl)cc2NC(=O)CC23CC4CC(CC(C4)C2)C3)CC1. The zero-order valence-electron chi connectivity index (χ0n) is 18.5. The molecule has 0 atom stereocenters. The van der Waals surface area contributed by atoms with Gasteiger partial charge in [0.2, 0.25) is 11.8 Å². The molecule has 0 aromatic heterocycles. The van der Waals surface area contributed by atoms with E-state index in [4.69, 9.17) is 11.6 Å². The molecule has 4 aliphatic carbocycles. The van der Waals surface area contributed by atoms with Crippen molar-refractivity contribution in [1.82, 2.24) is 4.90 Å². The number of rotatable bonds is 5. The summed E-state index contributed by atoms with van der Waals surface area (Å²) in [4.78, 5) is 29.4. The fourth-order valence-corrected chi connectivity index (χ4v) is 7.52. The number of piperazine rings is 1. The minimum atomic E-state index is 0.130. The highest BCUT2D eigenvalue weighted by molar-refractivity contribution is 6.31. The topological polar surface area (TPSA) is 52.7 Å². The van der Waals surface area contributed by atoms with Gasteiger partial charge < -0.3 is 15.1 Å². The summed E-state index contributed by atoms with van der Waals surface area (Å²) in [5.41, 5.74) is 2.04. The molecule has 1 aromatic rings. The van der Waals surface area contributed by atoms with E-state index in [0.717, 1.165) is 55.3 Å². The highest BCUT2D eigenvalue weighted by atomic mass is 35.5. The Kier molecular flexibility index (Phi) is 5.66. The molecule has 6 rings (SSSR count). The lowest BCUT2D eigenvalue weighted by atomic mass is 9.49. The molecule has 5 nitrogen and oxygen atoms in total. The van der Waals surface area contributed by atoms with Crippen LogP contribution >= 0.6 is 11.6 Å². The maximum absolute atomic E-state index is 13.2. The first kappa shape index (κ1) is 21.1. The number of benzene rings is 1. The summed E-state index contributed by atoms with van der Waals surface area (Å²) in [7, 11) is 0. The van der Waals surface area contributed by atoms with Crippen LogP contribution in [0.15, 0.2) is 18.2 Å². The van der Waals surface area contributed by atoms with Gasteiger partial charge in [-0.2, -0.15) is 0 Å². The van der Waals surface area contributed by atoms with Crippen molar-refractivity contribution in [3.63, 3.8) is 0 Å². The van der Waals surface area contributed by atoms with Crippen molar-refractivity contribution in [2.24, 2.45) is 23.2 Å². The number of nitrogens with zero attached hydrogens (tertiary/aromatic N) is 2. The summed E-state index contributed by atoms with van der Waals surface area (Å²) in [6.07, 6.45) is 9.09. The van der Waals surface area contributed by atoms with Crippen LogP contribution in [-0.2, 0) is 9.59 Å². The van der Waals surface area contributed by atoms with Gasteiger partial charge in [-0.3, -0.25) is 9.59 Å². The van der Waals surface area contributed by atoms with E-state index in [2.05, 4.69) is 10.2 Å². The molecule has 0 unspecified atom stereocenters. The van der Waals surface area contributed by atoms with Gasteiger partial charge in [0, 0.05) is 44.0 Å². The fourth-order valence-electron chi connectivity index (χ4n) is 7.35. The molecule has 31 heavy (non-hydrogen) atoms. The average Bonchev–Trinajstić information content (AvgIpc) is 2.72. The predicted molar refractivity (Wildman–Crippen MR) is 124 cm³/mol. The Morgan fingerprint density at radius 2 is 1.65 bits per heavy atom. The van der Waals surface area contributed by atoms with E-state index in [-0.39, 0.29) is 17.2 Å². The second-order valence-electron chi connectivity index (χ2n) is 10.5. The van der Waals surface area contributed by atoms with Crippen molar-refractivity contribution < 1.29 is 9.59 Å². The van der Waals surface area contributed by atoms with Gasteiger partial charge in [-0.1, -0.05) is 18.5 Å². The Bertz CT molecular complexity index is 827. The molecule has 2 amide bonds. The van der Waals surface area contributed by atoms with E-state index in [1.54, 1.807) is 0 Å². The van der Waals surface area contributed by atoms with Crippen LogP contribution in [0.5, 0.6) is 0 Å². The molecule has 1 heterocycles. The number of nitrogens with one attached hydrogen (secondary N) is 1. The van der Waals surface area contributed by atoms with E-state index in [0.29, 0.717) is 17.9 Å². The summed E-state index contributed by atoms with van der Waals surface area (Å²) in [6, 6.07) is 5.76. The van der Waals surface area contributed by atoms with E-state index < -0.39 is 0 Å². The first-order valence-electron chi connectivity index (χ1n) is 12.1. The monoisotopic (exact) mass is 443 g/mol. The highest BCUT2D eigenvalue weighted by Gasteiger charge is 2.51. The molecule has 1 saturated heterocycles. The smallest absolute Gasteiger partial charge is 0.224 e. The van der Waals surface area contributed by atoms with E-state index in [1.165, 1.54) is 38.5 Å². The largest absolute Gasteiger partial charge is 0.366 e. The van der Waals surface area contributed by atoms with Gasteiger partial charge in [0.1, 0.15) is 0 Å². The fraction of sp³-hybridized carbons (Fsp3) is 0.680. The number of carbonyl (C=O) groups is 2. The number of hydrogen-bond acceptors (Lipinski definition) is 3. The van der Waals surface area contributed by atoms with Crippen LogP contribution in [0.1, 0.15) is 58.3 Å². The van der Waals surface area contributed by atoms with Crippen LogP contribution in [0.25, 0.3) is 0 Å². The molecule has 1 aromatic carbocycles. The van der Waals surface area contributed by atoms with Crippen molar-refractivity contribution >= 4 is 34.8 Å². The van der Waals surface area contributed by atoms with Crippen LogP contribution in [-0.4, -0.2) is 42.9 Å². The molecular weight excluding hydrogens is 410 g/mol. The quantitative estimate of drug-likeness (QED) is 0.700. The molecule has 0 radical (unpaired) electrons. The van der Waals surface area contributed by atoms with Gasteiger partial charge in [0.05, 0.1) is 11.4 Å². The molecule has 4 saturated carbocycles. The van der Waals surface area contributed by atoms with Crippen molar-refractivity contribution in [3.05, 3.63) is 23.2 Å².